The minimum absolute atomic E-state index is 0.0267. The van der Waals surface area contributed by atoms with Gasteiger partial charge in [-0.2, -0.15) is 0 Å². The highest BCUT2D eigenvalue weighted by molar-refractivity contribution is 5.87. The van der Waals surface area contributed by atoms with Gasteiger partial charge in [-0.1, -0.05) is 54.5 Å². The summed E-state index contributed by atoms with van der Waals surface area (Å²) >= 11 is 0. The van der Waals surface area contributed by atoms with Crippen molar-refractivity contribution in [1.82, 2.24) is 0 Å². The van der Waals surface area contributed by atoms with Gasteiger partial charge in [0, 0.05) is 22.3 Å². The number of rotatable bonds is 13. The molecule has 5 heterocycles. The van der Waals surface area contributed by atoms with Crippen LogP contribution in [0.1, 0.15) is 121 Å². The van der Waals surface area contributed by atoms with Gasteiger partial charge in [-0.15, -0.1) is 0 Å². The Kier molecular flexibility index (Phi) is 18.1. The molecule has 0 radical (unpaired) electrons. The summed E-state index contributed by atoms with van der Waals surface area (Å²) in [5, 5.41) is 169. The van der Waals surface area contributed by atoms with E-state index in [1.165, 1.54) is 6.92 Å². The van der Waals surface area contributed by atoms with E-state index in [0.717, 1.165) is 0 Å². The van der Waals surface area contributed by atoms with Crippen molar-refractivity contribution in [3.8, 4) is 0 Å². The maximum absolute atomic E-state index is 13.3. The first-order valence-electron chi connectivity index (χ1n) is 30.5. The van der Waals surface area contributed by atoms with Crippen LogP contribution >= 0.6 is 0 Å². The molecule has 33 unspecified atom stereocenters. The Morgan fingerprint density at radius 1 is 0.581 bits per heavy atom. The van der Waals surface area contributed by atoms with Crippen LogP contribution in [0, 0.1) is 50.2 Å². The zero-order valence-corrected chi connectivity index (χ0v) is 50.4. The van der Waals surface area contributed by atoms with Crippen LogP contribution < -0.4 is 0 Å². The van der Waals surface area contributed by atoms with E-state index in [9.17, 15) is 86.2 Å². The molecule has 5 saturated heterocycles. The van der Waals surface area contributed by atoms with Crippen molar-refractivity contribution >= 4 is 11.9 Å². The molecule has 10 rings (SSSR count). The van der Waals surface area contributed by atoms with Gasteiger partial charge in [0.25, 0.3) is 0 Å². The summed E-state index contributed by atoms with van der Waals surface area (Å²) in [6.07, 6.45) is -38.9. The van der Waals surface area contributed by atoms with Gasteiger partial charge < -0.3 is 124 Å². The van der Waals surface area contributed by atoms with E-state index in [1.54, 1.807) is 19.9 Å². The number of carbonyl (C=O) groups excluding carboxylic acids is 1. The third-order valence-corrected chi connectivity index (χ3v) is 23.8. The maximum Gasteiger partial charge on any atom is 0.335 e. The molecule has 27 heteroatoms. The van der Waals surface area contributed by atoms with Gasteiger partial charge in [0.2, 0.25) is 0 Å². The molecule has 0 aromatic carbocycles. The summed E-state index contributed by atoms with van der Waals surface area (Å²) in [5.74, 6) is -3.04. The molecule has 492 valence electrons. The molecule has 2 bridgehead atoms. The number of hydrogen-bond donors (Lipinski definition) is 15. The average molecular weight is 1240 g/mol. The van der Waals surface area contributed by atoms with E-state index in [0.29, 0.717) is 50.5 Å². The lowest BCUT2D eigenvalue weighted by atomic mass is 9.30. The number of carboxylic acid groups (broad SMARTS) is 1. The first kappa shape index (κ1) is 66.7. The molecule has 5 aliphatic heterocycles. The van der Waals surface area contributed by atoms with Crippen molar-refractivity contribution in [2.24, 2.45) is 50.2 Å². The molecule has 1 spiro atoms. The van der Waals surface area contributed by atoms with Crippen LogP contribution in [0.5, 0.6) is 0 Å². The third kappa shape index (κ3) is 9.84. The lowest BCUT2D eigenvalue weighted by molar-refractivity contribution is -0.406. The summed E-state index contributed by atoms with van der Waals surface area (Å²) in [7, 11) is 0. The second-order valence-electron chi connectivity index (χ2n) is 28.6. The molecule has 33 atom stereocenters. The van der Waals surface area contributed by atoms with E-state index in [4.69, 9.17) is 47.4 Å². The lowest BCUT2D eigenvalue weighted by Gasteiger charge is -2.75. The highest BCUT2D eigenvalue weighted by Crippen LogP contribution is 2.81. The number of carbonyl (C=O) groups is 2. The normalized spacial score (nSPS) is 55.0. The molecule has 15 N–H and O–H groups in total. The largest absolute Gasteiger partial charge is 0.479 e. The zero-order valence-electron chi connectivity index (χ0n) is 50.4. The van der Waals surface area contributed by atoms with Crippen LogP contribution in [0.4, 0.5) is 0 Å². The third-order valence-electron chi connectivity index (χ3n) is 23.8. The van der Waals surface area contributed by atoms with Crippen molar-refractivity contribution in [2.45, 2.75) is 280 Å². The van der Waals surface area contributed by atoms with Gasteiger partial charge in [-0.25, -0.2) is 9.59 Å². The Balaban J connectivity index is 0.963. The van der Waals surface area contributed by atoms with Gasteiger partial charge in [-0.05, 0) is 100 Å². The van der Waals surface area contributed by atoms with E-state index in [-0.39, 0.29) is 18.3 Å². The highest BCUT2D eigenvalue weighted by Gasteiger charge is 2.85. The van der Waals surface area contributed by atoms with Gasteiger partial charge in [0.1, 0.15) is 97.7 Å². The Bertz CT molecular complexity index is 2500. The number of allylic oxidation sites excluding steroid dienone is 1. The fourth-order valence-corrected chi connectivity index (χ4v) is 18.7. The smallest absolute Gasteiger partial charge is 0.335 e. The van der Waals surface area contributed by atoms with E-state index in [2.05, 4.69) is 20.8 Å². The standard InChI is InChI=1S/C59H94O27/c1-11-22(2)47(75)85-45-44(72)59-28(18-53(45,4)5)58(86-52(59)76)17-13-27-55(8)15-14-30(54(6,7)26(55)12-16-56(27,9)57(58,10)19-29(59)62)80-51-43(84-49-38(70)35(67)32(64)24(20-60)78-49)40(39(71)41(82-51)46(73)74)81-50-42(36(68)33(65)25(21-61)79-50)83-48-37(69)34(66)31(63)23(3)77-48/h11,23-45,48-52,60-72,76H,12-21H2,1-10H3,(H,73,74). The molecule has 86 heavy (non-hydrogen) atoms. The molecular weight excluding hydrogens is 1140 g/mol. The number of carboxylic acids is 1. The van der Waals surface area contributed by atoms with Gasteiger partial charge in [-0.3, -0.25) is 0 Å². The number of hydrogen-bond acceptors (Lipinski definition) is 26. The van der Waals surface area contributed by atoms with Crippen molar-refractivity contribution < 1.29 is 134 Å². The highest BCUT2D eigenvalue weighted by atomic mass is 16.8. The number of aliphatic carboxylic acids is 1. The predicted octanol–water partition coefficient (Wildman–Crippen LogP) is -2.45. The summed E-state index contributed by atoms with van der Waals surface area (Å²) < 4.78 is 62.1. The van der Waals surface area contributed by atoms with E-state index in [1.807, 2.05) is 27.7 Å². The predicted molar refractivity (Wildman–Crippen MR) is 289 cm³/mol. The minimum atomic E-state index is -2.28. The molecule has 5 saturated carbocycles. The van der Waals surface area contributed by atoms with Crippen LogP contribution in [0.3, 0.4) is 0 Å². The van der Waals surface area contributed by atoms with E-state index < -0.39 is 223 Å². The van der Waals surface area contributed by atoms with Crippen molar-refractivity contribution in [3.63, 3.8) is 0 Å². The second-order valence-corrected chi connectivity index (χ2v) is 28.6. The Hall–Kier alpha value is -2.24. The number of aliphatic hydroxyl groups is 14. The number of ether oxygens (including phenoxy) is 10. The molecule has 27 nitrogen and oxygen atoms in total. The number of aliphatic hydroxyl groups excluding tert-OH is 14. The molecule has 10 fully saturated rings. The Labute approximate surface area is 499 Å². The van der Waals surface area contributed by atoms with Gasteiger partial charge >= 0.3 is 11.9 Å². The number of esters is 1. The van der Waals surface area contributed by atoms with Crippen LogP contribution in [0.2, 0.25) is 0 Å². The topological polar surface area (TPSA) is 430 Å². The van der Waals surface area contributed by atoms with Gasteiger partial charge in [0.15, 0.2) is 37.6 Å². The van der Waals surface area contributed by atoms with Crippen molar-refractivity contribution in [1.29, 1.82) is 0 Å². The first-order valence-corrected chi connectivity index (χ1v) is 30.5. The fraction of sp³-hybridized carbons (Fsp3) is 0.932. The SMILES string of the molecule is CC=C(C)C(=O)OC1C(O)C23C(O)CC4(C)C5(C)CCC6C(C)(C)C(OC7OC(C(=O)O)C(O)C(OC8OC(CO)C(O)C(O)C8OC8OC(C)C(O)C(O)C8O)C7OC7OC(CO)C(O)C(O)C7O)CCC6(C)C5CCC4(OC2O)C3CC1(C)C. The Morgan fingerprint density at radius 3 is 1.76 bits per heavy atom. The van der Waals surface area contributed by atoms with Crippen molar-refractivity contribution in [2.75, 3.05) is 13.2 Å². The molecular formula is C59H94O27. The van der Waals surface area contributed by atoms with Crippen LogP contribution in [0.15, 0.2) is 11.6 Å². The van der Waals surface area contributed by atoms with Crippen LogP contribution in [-0.2, 0) is 57.0 Å². The van der Waals surface area contributed by atoms with Crippen LogP contribution in [0.25, 0.3) is 0 Å². The summed E-state index contributed by atoms with van der Waals surface area (Å²) in [6, 6.07) is 0. The van der Waals surface area contributed by atoms with Gasteiger partial charge in [0.05, 0.1) is 42.5 Å². The maximum atomic E-state index is 13.3. The fourth-order valence-electron chi connectivity index (χ4n) is 18.7. The molecule has 0 aromatic heterocycles. The summed E-state index contributed by atoms with van der Waals surface area (Å²) in [6.45, 7) is 17.4. The lowest BCUT2D eigenvalue weighted by Crippen LogP contribution is -2.77. The molecule has 0 aromatic rings. The van der Waals surface area contributed by atoms with Crippen LogP contribution in [-0.4, -0.2) is 261 Å². The average Bonchev–Trinajstić information content (AvgIpc) is 1.34. The minimum Gasteiger partial charge on any atom is -0.479 e. The van der Waals surface area contributed by atoms with Crippen molar-refractivity contribution in [3.05, 3.63) is 11.6 Å². The number of fused-ring (bicyclic) bond motifs is 4. The first-order chi connectivity index (χ1) is 40.1. The second kappa shape index (κ2) is 23.4. The zero-order chi connectivity index (χ0) is 63.2. The monoisotopic (exact) mass is 1230 g/mol. The van der Waals surface area contributed by atoms with E-state index >= 15 is 0 Å². The molecule has 0 amide bonds. The molecule has 10 aliphatic rings. The molecule has 5 aliphatic carbocycles. The Morgan fingerprint density at radius 2 is 1.14 bits per heavy atom. The summed E-state index contributed by atoms with van der Waals surface area (Å²) in [5.41, 5.74) is -5.64. The summed E-state index contributed by atoms with van der Waals surface area (Å²) in [4.78, 5) is 26.5. The quantitative estimate of drug-likeness (QED) is 0.0517.